The Morgan fingerprint density at radius 3 is 2.67 bits per heavy atom. The fraction of sp³-hybridized carbons (Fsp3) is 0.846. The van der Waals surface area contributed by atoms with Crippen LogP contribution in [0, 0.1) is 17.8 Å². The van der Waals surface area contributed by atoms with Crippen molar-refractivity contribution in [1.82, 2.24) is 5.43 Å². The van der Waals surface area contributed by atoms with Gasteiger partial charge in [0, 0.05) is 12.5 Å². The average molecular weight is 208 g/mol. The van der Waals surface area contributed by atoms with Crippen LogP contribution in [0.15, 0.2) is 0 Å². The molecule has 0 spiro atoms. The second-order valence-corrected chi connectivity index (χ2v) is 4.57. The predicted octanol–water partition coefficient (Wildman–Crippen LogP) is 2.59. The summed E-state index contributed by atoms with van der Waals surface area (Å²) in [6.07, 6.45) is 10.4. The van der Waals surface area contributed by atoms with Gasteiger partial charge in [-0.25, -0.2) is 0 Å². The lowest BCUT2D eigenvalue weighted by molar-refractivity contribution is 0.293. The first-order valence-electron chi connectivity index (χ1n) is 6.22. The Hall–Kier alpha value is -0.520. The molecule has 3 N–H and O–H groups in total. The van der Waals surface area contributed by atoms with Gasteiger partial charge < -0.3 is 0 Å². The molecule has 0 aromatic carbocycles. The second kappa shape index (κ2) is 7.73. The van der Waals surface area contributed by atoms with Crippen LogP contribution in [-0.4, -0.2) is 6.04 Å². The molecule has 0 aromatic rings. The molecular weight excluding hydrogens is 184 g/mol. The number of hydrogen-bond donors (Lipinski definition) is 2. The molecule has 1 fully saturated rings. The molecule has 0 amide bonds. The summed E-state index contributed by atoms with van der Waals surface area (Å²) in [4.78, 5) is 0. The minimum Gasteiger partial charge on any atom is -0.271 e. The molecule has 2 nitrogen and oxygen atoms in total. The van der Waals surface area contributed by atoms with Gasteiger partial charge in [0.1, 0.15) is 0 Å². The van der Waals surface area contributed by atoms with Crippen LogP contribution in [0.1, 0.15) is 58.3 Å². The smallest absolute Gasteiger partial charge is 0.0222 e. The zero-order valence-electron chi connectivity index (χ0n) is 9.89. The molecule has 0 saturated heterocycles. The van der Waals surface area contributed by atoms with Gasteiger partial charge in [-0.05, 0) is 25.7 Å². The van der Waals surface area contributed by atoms with E-state index in [4.69, 9.17) is 5.84 Å². The van der Waals surface area contributed by atoms with E-state index in [2.05, 4.69) is 17.3 Å². The number of rotatable bonds is 5. The monoisotopic (exact) mass is 208 g/mol. The van der Waals surface area contributed by atoms with Crippen LogP contribution in [0.5, 0.6) is 0 Å². The lowest BCUT2D eigenvalue weighted by Gasteiger charge is -2.25. The van der Waals surface area contributed by atoms with Crippen LogP contribution in [0.2, 0.25) is 0 Å². The topological polar surface area (TPSA) is 38.0 Å². The van der Waals surface area contributed by atoms with E-state index in [0.29, 0.717) is 6.04 Å². The Kier molecular flexibility index (Phi) is 6.47. The maximum absolute atomic E-state index is 5.57. The minimum atomic E-state index is 0.467. The third kappa shape index (κ3) is 5.20. The number of nitrogens with one attached hydrogen (secondary N) is 1. The van der Waals surface area contributed by atoms with Gasteiger partial charge >= 0.3 is 0 Å². The Labute approximate surface area is 94.0 Å². The van der Waals surface area contributed by atoms with E-state index >= 15 is 0 Å². The minimum absolute atomic E-state index is 0.467. The number of hydrogen-bond acceptors (Lipinski definition) is 2. The van der Waals surface area contributed by atoms with Gasteiger partial charge in [0.15, 0.2) is 0 Å². The van der Waals surface area contributed by atoms with E-state index in [1.807, 2.05) is 6.92 Å². The molecule has 1 unspecified atom stereocenters. The van der Waals surface area contributed by atoms with E-state index in [1.54, 1.807) is 0 Å². The Morgan fingerprint density at radius 2 is 2.07 bits per heavy atom. The van der Waals surface area contributed by atoms with Crippen molar-refractivity contribution in [1.29, 1.82) is 0 Å². The SMILES string of the molecule is CC#CCCC(CC1CCCCC1)NN. The zero-order valence-corrected chi connectivity index (χ0v) is 9.89. The molecule has 1 aliphatic carbocycles. The predicted molar refractivity (Wildman–Crippen MR) is 65.0 cm³/mol. The lowest BCUT2D eigenvalue weighted by Crippen LogP contribution is -2.36. The molecule has 0 aliphatic heterocycles. The maximum atomic E-state index is 5.57. The highest BCUT2D eigenvalue weighted by Gasteiger charge is 2.17. The Balaban J connectivity index is 2.21. The largest absolute Gasteiger partial charge is 0.271 e. The van der Waals surface area contributed by atoms with Crippen LogP contribution in [0.3, 0.4) is 0 Å². The third-order valence-corrected chi connectivity index (χ3v) is 3.37. The second-order valence-electron chi connectivity index (χ2n) is 4.57. The van der Waals surface area contributed by atoms with Crippen molar-refractivity contribution in [3.8, 4) is 11.8 Å². The van der Waals surface area contributed by atoms with Crippen molar-refractivity contribution < 1.29 is 0 Å². The normalized spacial score (nSPS) is 19.3. The van der Waals surface area contributed by atoms with Gasteiger partial charge in [0.25, 0.3) is 0 Å². The van der Waals surface area contributed by atoms with Crippen LogP contribution in [0.4, 0.5) is 0 Å². The molecule has 1 aliphatic rings. The molecule has 86 valence electrons. The summed E-state index contributed by atoms with van der Waals surface area (Å²) in [5.74, 6) is 12.5. The van der Waals surface area contributed by atoms with Crippen molar-refractivity contribution in [3.63, 3.8) is 0 Å². The zero-order chi connectivity index (χ0) is 10.9. The van der Waals surface area contributed by atoms with Gasteiger partial charge in [-0.1, -0.05) is 32.1 Å². The van der Waals surface area contributed by atoms with Crippen molar-refractivity contribution in [2.24, 2.45) is 11.8 Å². The highest BCUT2D eigenvalue weighted by Crippen LogP contribution is 2.27. The van der Waals surface area contributed by atoms with Crippen LogP contribution >= 0.6 is 0 Å². The van der Waals surface area contributed by atoms with Gasteiger partial charge in [-0.3, -0.25) is 11.3 Å². The van der Waals surface area contributed by atoms with Crippen molar-refractivity contribution >= 4 is 0 Å². The molecule has 0 heterocycles. The molecule has 1 saturated carbocycles. The maximum Gasteiger partial charge on any atom is 0.0222 e. The first-order valence-corrected chi connectivity index (χ1v) is 6.22. The van der Waals surface area contributed by atoms with E-state index in [1.165, 1.54) is 38.5 Å². The molecule has 1 rings (SSSR count). The summed E-state index contributed by atoms with van der Waals surface area (Å²) in [5, 5.41) is 0. The molecule has 0 radical (unpaired) electrons. The van der Waals surface area contributed by atoms with E-state index in [9.17, 15) is 0 Å². The van der Waals surface area contributed by atoms with E-state index < -0.39 is 0 Å². The standard InChI is InChI=1S/C13H24N2/c1-2-3-5-10-13(15-14)11-12-8-6-4-7-9-12/h12-13,15H,4-11,14H2,1H3. The first kappa shape index (κ1) is 12.5. The molecule has 15 heavy (non-hydrogen) atoms. The molecule has 0 bridgehead atoms. The Morgan fingerprint density at radius 1 is 1.33 bits per heavy atom. The van der Waals surface area contributed by atoms with Gasteiger partial charge in [0.2, 0.25) is 0 Å². The highest BCUT2D eigenvalue weighted by atomic mass is 15.2. The van der Waals surface area contributed by atoms with E-state index in [-0.39, 0.29) is 0 Å². The summed E-state index contributed by atoms with van der Waals surface area (Å²) in [6.45, 7) is 1.89. The highest BCUT2D eigenvalue weighted by molar-refractivity contribution is 4.95. The van der Waals surface area contributed by atoms with E-state index in [0.717, 1.165) is 18.8 Å². The fourth-order valence-electron chi connectivity index (χ4n) is 2.47. The van der Waals surface area contributed by atoms with Crippen LogP contribution in [0.25, 0.3) is 0 Å². The summed E-state index contributed by atoms with van der Waals surface area (Å²) in [6, 6.07) is 0.467. The quantitative estimate of drug-likeness (QED) is 0.414. The van der Waals surface area contributed by atoms with Crippen LogP contribution < -0.4 is 11.3 Å². The fourth-order valence-corrected chi connectivity index (χ4v) is 2.47. The van der Waals surface area contributed by atoms with Gasteiger partial charge in [-0.15, -0.1) is 11.8 Å². The molecule has 0 aromatic heterocycles. The summed E-state index contributed by atoms with van der Waals surface area (Å²) >= 11 is 0. The summed E-state index contributed by atoms with van der Waals surface area (Å²) in [5.41, 5.74) is 2.94. The molecule has 1 atom stereocenters. The van der Waals surface area contributed by atoms with Gasteiger partial charge in [0.05, 0.1) is 0 Å². The summed E-state index contributed by atoms with van der Waals surface area (Å²) < 4.78 is 0. The van der Waals surface area contributed by atoms with Crippen molar-refractivity contribution in [3.05, 3.63) is 0 Å². The van der Waals surface area contributed by atoms with Crippen molar-refractivity contribution in [2.45, 2.75) is 64.3 Å². The first-order chi connectivity index (χ1) is 7.36. The lowest BCUT2D eigenvalue weighted by atomic mass is 9.84. The van der Waals surface area contributed by atoms with Crippen molar-refractivity contribution in [2.75, 3.05) is 0 Å². The number of hydrazine groups is 1. The molecular formula is C13H24N2. The Bertz CT molecular complexity index is 208. The van der Waals surface area contributed by atoms with Crippen LogP contribution in [-0.2, 0) is 0 Å². The third-order valence-electron chi connectivity index (χ3n) is 3.37. The summed E-state index contributed by atoms with van der Waals surface area (Å²) in [7, 11) is 0. The van der Waals surface area contributed by atoms with Gasteiger partial charge in [-0.2, -0.15) is 0 Å². The molecule has 2 heteroatoms. The number of nitrogens with two attached hydrogens (primary N) is 1. The average Bonchev–Trinajstić information content (AvgIpc) is 2.29.